The van der Waals surface area contributed by atoms with E-state index in [-0.39, 0.29) is 0 Å². The number of anilines is 1. The lowest BCUT2D eigenvalue weighted by Crippen LogP contribution is -2.73. The van der Waals surface area contributed by atoms with Crippen molar-refractivity contribution in [2.45, 2.75) is 19.3 Å². The molecular formula is C20H22N6S. The van der Waals surface area contributed by atoms with E-state index in [1.54, 1.807) is 0 Å². The van der Waals surface area contributed by atoms with Gasteiger partial charge in [0, 0.05) is 44.0 Å². The summed E-state index contributed by atoms with van der Waals surface area (Å²) in [5, 5.41) is 5.30. The van der Waals surface area contributed by atoms with Gasteiger partial charge in [-0.1, -0.05) is 12.1 Å². The van der Waals surface area contributed by atoms with Crippen molar-refractivity contribution in [3.8, 4) is 0 Å². The third-order valence-corrected chi connectivity index (χ3v) is 6.03. The number of fused-ring (bicyclic) bond motifs is 1. The topological polar surface area (TPSA) is 56.7 Å². The molecule has 27 heavy (non-hydrogen) atoms. The Morgan fingerprint density at radius 2 is 1.89 bits per heavy atom. The lowest BCUT2D eigenvalue weighted by Gasteiger charge is -2.60. The molecule has 7 heteroatoms. The monoisotopic (exact) mass is 378 g/mol. The molecule has 4 heterocycles. The van der Waals surface area contributed by atoms with E-state index >= 15 is 0 Å². The van der Waals surface area contributed by atoms with Crippen LogP contribution >= 0.6 is 12.2 Å². The molecule has 1 aliphatic carbocycles. The molecule has 0 unspecified atom stereocenters. The average Bonchev–Trinajstić information content (AvgIpc) is 2.65. The van der Waals surface area contributed by atoms with Crippen molar-refractivity contribution in [1.29, 1.82) is 0 Å². The highest BCUT2D eigenvalue weighted by molar-refractivity contribution is 7.80. The third-order valence-electron chi connectivity index (χ3n) is 5.68. The lowest BCUT2D eigenvalue weighted by molar-refractivity contribution is 0.0283. The van der Waals surface area contributed by atoms with E-state index in [1.807, 2.05) is 30.6 Å². The molecule has 1 spiro atoms. The second-order valence-electron chi connectivity index (χ2n) is 7.74. The molecule has 138 valence electrons. The highest BCUT2D eigenvalue weighted by Crippen LogP contribution is 2.41. The van der Waals surface area contributed by atoms with Crippen LogP contribution in [0.4, 0.5) is 5.82 Å². The van der Waals surface area contributed by atoms with Gasteiger partial charge in [-0.3, -0.25) is 10.4 Å². The van der Waals surface area contributed by atoms with E-state index in [0.29, 0.717) is 10.5 Å². The molecule has 2 saturated heterocycles. The molecule has 0 saturated carbocycles. The molecule has 2 fully saturated rings. The number of rotatable bonds is 2. The van der Waals surface area contributed by atoms with Crippen molar-refractivity contribution in [3.63, 3.8) is 0 Å². The summed E-state index contributed by atoms with van der Waals surface area (Å²) >= 11 is 5.55. The van der Waals surface area contributed by atoms with Crippen LogP contribution in [0.1, 0.15) is 24.1 Å². The number of hydrogen-bond donors (Lipinski definition) is 1. The molecule has 0 amide bonds. The van der Waals surface area contributed by atoms with Gasteiger partial charge in [-0.2, -0.15) is 5.10 Å². The van der Waals surface area contributed by atoms with Crippen LogP contribution in [0.3, 0.4) is 0 Å². The van der Waals surface area contributed by atoms with Gasteiger partial charge in [0.05, 0.1) is 11.4 Å². The minimum Gasteiger partial charge on any atom is -0.355 e. The number of nitrogens with zero attached hydrogens (tertiary/aromatic N) is 5. The fourth-order valence-corrected chi connectivity index (χ4v) is 4.51. The van der Waals surface area contributed by atoms with Crippen LogP contribution in [0.25, 0.3) is 0 Å². The molecule has 0 atom stereocenters. The molecule has 2 aromatic rings. The summed E-state index contributed by atoms with van der Waals surface area (Å²) in [5.41, 5.74) is 6.77. The van der Waals surface area contributed by atoms with E-state index in [0.717, 1.165) is 62.7 Å². The Kier molecular flexibility index (Phi) is 4.04. The number of pyridine rings is 2. The molecule has 2 aromatic heterocycles. The van der Waals surface area contributed by atoms with Crippen LogP contribution < -0.4 is 10.3 Å². The summed E-state index contributed by atoms with van der Waals surface area (Å²) in [5.74, 6) is 1.07. The van der Waals surface area contributed by atoms with Gasteiger partial charge < -0.3 is 9.80 Å². The van der Waals surface area contributed by atoms with Crippen LogP contribution in [0.5, 0.6) is 0 Å². The predicted molar refractivity (Wildman–Crippen MR) is 110 cm³/mol. The van der Waals surface area contributed by atoms with Crippen molar-refractivity contribution in [2.75, 3.05) is 31.1 Å². The number of likely N-dealkylation sites (tertiary alicyclic amines) is 1. The Morgan fingerprint density at radius 3 is 2.70 bits per heavy atom. The zero-order chi connectivity index (χ0) is 18.3. The van der Waals surface area contributed by atoms with Crippen LogP contribution in [0.2, 0.25) is 0 Å². The maximum atomic E-state index is 5.55. The maximum absolute atomic E-state index is 5.55. The molecule has 3 aliphatic rings. The molecule has 6 nitrogen and oxygen atoms in total. The SMILES string of the molecule is S=C(N/N=C1/CCCc2cccnc21)N1CC2(C1)CN(c1ccccn1)C2. The van der Waals surface area contributed by atoms with Crippen molar-refractivity contribution >= 4 is 28.9 Å². The van der Waals surface area contributed by atoms with Crippen molar-refractivity contribution in [2.24, 2.45) is 10.5 Å². The number of nitrogens with one attached hydrogen (secondary N) is 1. The second kappa shape index (κ2) is 6.56. The predicted octanol–water partition coefficient (Wildman–Crippen LogP) is 2.21. The zero-order valence-electron chi connectivity index (χ0n) is 15.1. The summed E-state index contributed by atoms with van der Waals surface area (Å²) < 4.78 is 0. The van der Waals surface area contributed by atoms with Crippen LogP contribution in [-0.2, 0) is 6.42 Å². The number of thiocarbonyl (C=S) groups is 1. The van der Waals surface area contributed by atoms with Gasteiger partial charge in [0.1, 0.15) is 5.82 Å². The van der Waals surface area contributed by atoms with E-state index in [2.05, 4.69) is 42.4 Å². The Balaban J connectivity index is 1.16. The Hall–Kier alpha value is -2.54. The van der Waals surface area contributed by atoms with Gasteiger partial charge in [-0.15, -0.1) is 0 Å². The van der Waals surface area contributed by atoms with Crippen molar-refractivity contribution in [1.82, 2.24) is 20.3 Å². The molecule has 0 radical (unpaired) electrons. The molecule has 0 aromatic carbocycles. The van der Waals surface area contributed by atoms with Crippen LogP contribution in [0.15, 0.2) is 47.8 Å². The minimum absolute atomic E-state index is 0.357. The Morgan fingerprint density at radius 1 is 1.04 bits per heavy atom. The summed E-state index contributed by atoms with van der Waals surface area (Å²) in [7, 11) is 0. The first-order valence-electron chi connectivity index (χ1n) is 9.44. The summed E-state index contributed by atoms with van der Waals surface area (Å²) in [4.78, 5) is 13.5. The van der Waals surface area contributed by atoms with Crippen molar-refractivity contribution < 1.29 is 0 Å². The smallest absolute Gasteiger partial charge is 0.189 e. The minimum atomic E-state index is 0.357. The summed E-state index contributed by atoms with van der Waals surface area (Å²) in [6.07, 6.45) is 6.82. The molecule has 0 bridgehead atoms. The molecule has 1 N–H and O–H groups in total. The largest absolute Gasteiger partial charge is 0.355 e. The van der Waals surface area contributed by atoms with Crippen LogP contribution in [0, 0.1) is 5.41 Å². The highest BCUT2D eigenvalue weighted by Gasteiger charge is 2.52. The van der Waals surface area contributed by atoms with Crippen molar-refractivity contribution in [3.05, 3.63) is 54.0 Å². The summed E-state index contributed by atoms with van der Waals surface area (Å²) in [6.45, 7) is 4.08. The third kappa shape index (κ3) is 3.06. The van der Waals surface area contributed by atoms with Gasteiger partial charge in [0.2, 0.25) is 0 Å². The van der Waals surface area contributed by atoms with Gasteiger partial charge in [0.25, 0.3) is 0 Å². The van der Waals surface area contributed by atoms with Crippen LogP contribution in [-0.4, -0.2) is 51.9 Å². The number of hydrazone groups is 1. The Bertz CT molecular complexity index is 882. The number of aryl methyl sites for hydroxylation is 1. The van der Waals surface area contributed by atoms with E-state index < -0.39 is 0 Å². The fraction of sp³-hybridized carbons (Fsp3) is 0.400. The number of aromatic nitrogens is 2. The van der Waals surface area contributed by atoms with Gasteiger partial charge in [-0.25, -0.2) is 4.98 Å². The average molecular weight is 379 g/mol. The normalized spacial score (nSPS) is 21.4. The van der Waals surface area contributed by atoms with Gasteiger partial charge in [-0.05, 0) is 55.2 Å². The van der Waals surface area contributed by atoms with Gasteiger partial charge >= 0.3 is 0 Å². The maximum Gasteiger partial charge on any atom is 0.189 e. The highest BCUT2D eigenvalue weighted by atomic mass is 32.1. The first-order valence-corrected chi connectivity index (χ1v) is 9.85. The van der Waals surface area contributed by atoms with E-state index in [4.69, 9.17) is 12.2 Å². The van der Waals surface area contributed by atoms with E-state index in [1.165, 1.54) is 5.56 Å². The standard InChI is InChI=1S/C20H22N6S/c27-19(24-23-16-7-3-5-15-6-4-10-22-18(15)16)26-13-20(14-26)11-25(12-20)17-8-1-2-9-21-17/h1-2,4,6,8-10H,3,5,7,11-14H2,(H,24,27)/b23-16-. The molecule has 5 rings (SSSR count). The van der Waals surface area contributed by atoms with Gasteiger partial charge in [0.15, 0.2) is 5.11 Å². The quantitative estimate of drug-likeness (QED) is 0.639. The lowest BCUT2D eigenvalue weighted by atomic mass is 9.73. The first-order chi connectivity index (χ1) is 13.2. The first kappa shape index (κ1) is 16.6. The zero-order valence-corrected chi connectivity index (χ0v) is 16.0. The summed E-state index contributed by atoms with van der Waals surface area (Å²) in [6, 6.07) is 10.2. The number of hydrogen-bond acceptors (Lipinski definition) is 5. The fourth-order valence-electron chi connectivity index (χ4n) is 4.33. The Labute approximate surface area is 164 Å². The molecular weight excluding hydrogens is 356 g/mol. The van der Waals surface area contributed by atoms with E-state index in [9.17, 15) is 0 Å². The molecule has 2 aliphatic heterocycles. The second-order valence-corrected chi connectivity index (χ2v) is 8.13.